The average molecular weight is 348 g/mol. The molecule has 1 heterocycles. The van der Waals surface area contributed by atoms with E-state index in [-0.39, 0.29) is 17.9 Å². The molecule has 1 atom stereocenters. The molecule has 2 N–H and O–H groups in total. The van der Waals surface area contributed by atoms with Crippen LogP contribution < -0.4 is 10.1 Å². The molecule has 0 aliphatic rings. The number of benzene rings is 1. The van der Waals surface area contributed by atoms with Crippen molar-refractivity contribution in [2.75, 3.05) is 7.11 Å². The number of nitrogens with zero attached hydrogens (tertiary/aromatic N) is 2. The molecule has 0 spiro atoms. The van der Waals surface area contributed by atoms with E-state index >= 15 is 0 Å². The molecule has 1 aromatic carbocycles. The van der Waals surface area contributed by atoms with Crippen molar-refractivity contribution in [3.63, 3.8) is 0 Å². The fourth-order valence-electron chi connectivity index (χ4n) is 2.56. The Morgan fingerprint density at radius 3 is 2.58 bits per heavy atom. The number of methoxy groups -OCH3 is 1. The van der Waals surface area contributed by atoms with Crippen LogP contribution in [-0.4, -0.2) is 27.8 Å². The third kappa shape index (κ3) is 4.23. The molecule has 6 nitrogen and oxygen atoms in total. The van der Waals surface area contributed by atoms with Gasteiger partial charge < -0.3 is 14.6 Å². The molecule has 0 aliphatic carbocycles. The molecule has 24 heavy (non-hydrogen) atoms. The molecule has 0 saturated heterocycles. The van der Waals surface area contributed by atoms with Crippen LogP contribution in [0.5, 0.6) is 5.75 Å². The van der Waals surface area contributed by atoms with E-state index in [0.29, 0.717) is 17.7 Å². The van der Waals surface area contributed by atoms with Crippen LogP contribution in [0.25, 0.3) is 0 Å². The van der Waals surface area contributed by atoms with Gasteiger partial charge in [0.2, 0.25) is 5.91 Å². The van der Waals surface area contributed by atoms with Gasteiger partial charge in [0, 0.05) is 6.54 Å². The molecular weight excluding hydrogens is 324 g/mol. The number of aromatic nitrogens is 3. The fourth-order valence-corrected chi connectivity index (χ4v) is 2.82. The first-order chi connectivity index (χ1) is 11.5. The van der Waals surface area contributed by atoms with E-state index in [1.54, 1.807) is 7.11 Å². The van der Waals surface area contributed by atoms with E-state index < -0.39 is 0 Å². The van der Waals surface area contributed by atoms with E-state index in [0.717, 1.165) is 17.1 Å². The second-order valence-corrected chi connectivity index (χ2v) is 6.33. The Kier molecular flexibility index (Phi) is 6.14. The van der Waals surface area contributed by atoms with Crippen molar-refractivity contribution in [3.8, 4) is 5.75 Å². The minimum Gasteiger partial charge on any atom is -0.497 e. The maximum absolute atomic E-state index is 12.4. The summed E-state index contributed by atoms with van der Waals surface area (Å²) in [6.45, 7) is 6.82. The highest BCUT2D eigenvalue weighted by atomic mass is 32.1. The Bertz CT molecular complexity index is 734. The lowest BCUT2D eigenvalue weighted by Gasteiger charge is -2.22. The van der Waals surface area contributed by atoms with Gasteiger partial charge in [-0.2, -0.15) is 5.10 Å². The third-order valence-corrected chi connectivity index (χ3v) is 4.20. The van der Waals surface area contributed by atoms with Gasteiger partial charge in [0.25, 0.3) is 0 Å². The van der Waals surface area contributed by atoms with Crippen LogP contribution in [0.4, 0.5) is 0 Å². The van der Waals surface area contributed by atoms with Crippen LogP contribution in [0.3, 0.4) is 0 Å². The first kappa shape index (κ1) is 18.2. The molecule has 0 aliphatic heterocycles. The molecular formula is C17H24N4O2S. The summed E-state index contributed by atoms with van der Waals surface area (Å²) in [6, 6.07) is 7.30. The SMILES string of the molecule is CCn1c([C@H](NC(=O)Cc2ccc(OC)cc2)C(C)C)n[nH]c1=S. The van der Waals surface area contributed by atoms with E-state index in [1.165, 1.54) is 0 Å². The fraction of sp³-hybridized carbons (Fsp3) is 0.471. The second-order valence-electron chi connectivity index (χ2n) is 5.95. The average Bonchev–Trinajstić information content (AvgIpc) is 2.93. The maximum atomic E-state index is 12.4. The lowest BCUT2D eigenvalue weighted by molar-refractivity contribution is -0.121. The Labute approximate surface area is 147 Å². The van der Waals surface area contributed by atoms with Crippen LogP contribution in [0.1, 0.15) is 38.2 Å². The van der Waals surface area contributed by atoms with Gasteiger partial charge in [0.1, 0.15) is 5.75 Å². The minimum absolute atomic E-state index is 0.0459. The highest BCUT2D eigenvalue weighted by molar-refractivity contribution is 7.71. The summed E-state index contributed by atoms with van der Waals surface area (Å²) < 4.78 is 7.61. The van der Waals surface area contributed by atoms with Gasteiger partial charge in [-0.3, -0.25) is 9.89 Å². The Hall–Kier alpha value is -2.15. The Balaban J connectivity index is 2.12. The molecule has 1 amide bonds. The third-order valence-electron chi connectivity index (χ3n) is 3.89. The van der Waals surface area contributed by atoms with Crippen molar-refractivity contribution in [2.45, 2.75) is 39.8 Å². The van der Waals surface area contributed by atoms with Gasteiger partial charge in [-0.05, 0) is 42.8 Å². The highest BCUT2D eigenvalue weighted by Gasteiger charge is 2.23. The smallest absolute Gasteiger partial charge is 0.225 e. The zero-order valence-corrected chi connectivity index (χ0v) is 15.3. The van der Waals surface area contributed by atoms with Crippen molar-refractivity contribution in [2.24, 2.45) is 5.92 Å². The predicted molar refractivity (Wildman–Crippen MR) is 95.5 cm³/mol. The standard InChI is InChI=1S/C17H24N4O2S/c1-5-21-16(19-20-17(21)24)15(11(2)3)18-14(22)10-12-6-8-13(23-4)9-7-12/h6-9,11,15H,5,10H2,1-4H3,(H,18,22)(H,20,24)/t15-/m1/s1. The summed E-state index contributed by atoms with van der Waals surface area (Å²) in [7, 11) is 1.62. The van der Waals surface area contributed by atoms with Crippen LogP contribution >= 0.6 is 12.2 Å². The van der Waals surface area contributed by atoms with Gasteiger partial charge in [-0.1, -0.05) is 26.0 Å². The summed E-state index contributed by atoms with van der Waals surface area (Å²) in [5.41, 5.74) is 0.935. The highest BCUT2D eigenvalue weighted by Crippen LogP contribution is 2.20. The molecule has 130 valence electrons. The van der Waals surface area contributed by atoms with Crippen molar-refractivity contribution in [1.82, 2.24) is 20.1 Å². The van der Waals surface area contributed by atoms with Gasteiger partial charge in [-0.15, -0.1) is 0 Å². The lowest BCUT2D eigenvalue weighted by atomic mass is 10.0. The zero-order valence-electron chi connectivity index (χ0n) is 14.5. The quantitative estimate of drug-likeness (QED) is 0.755. The normalized spacial score (nSPS) is 12.2. The number of hydrogen-bond donors (Lipinski definition) is 2. The van der Waals surface area contributed by atoms with Crippen molar-refractivity contribution < 1.29 is 9.53 Å². The number of hydrogen-bond acceptors (Lipinski definition) is 4. The molecule has 2 aromatic rings. The molecule has 0 unspecified atom stereocenters. The molecule has 0 bridgehead atoms. The largest absolute Gasteiger partial charge is 0.497 e. The van der Waals surface area contributed by atoms with Crippen LogP contribution in [0, 0.1) is 10.7 Å². The van der Waals surface area contributed by atoms with Gasteiger partial charge >= 0.3 is 0 Å². The molecule has 2 rings (SSSR count). The number of amides is 1. The van der Waals surface area contributed by atoms with E-state index in [4.69, 9.17) is 17.0 Å². The number of H-pyrrole nitrogens is 1. The summed E-state index contributed by atoms with van der Waals surface area (Å²) >= 11 is 5.24. The number of rotatable bonds is 7. The summed E-state index contributed by atoms with van der Waals surface area (Å²) in [5, 5.41) is 10.2. The van der Waals surface area contributed by atoms with Gasteiger partial charge in [-0.25, -0.2) is 0 Å². The molecule has 0 radical (unpaired) electrons. The number of nitrogens with one attached hydrogen (secondary N) is 2. The first-order valence-corrected chi connectivity index (χ1v) is 8.44. The molecule has 0 saturated carbocycles. The van der Waals surface area contributed by atoms with E-state index in [9.17, 15) is 4.79 Å². The number of carbonyl (C=O) groups excluding carboxylic acids is 1. The van der Waals surface area contributed by atoms with Gasteiger partial charge in [0.15, 0.2) is 10.6 Å². The van der Waals surface area contributed by atoms with E-state index in [1.807, 2.05) is 35.8 Å². The first-order valence-electron chi connectivity index (χ1n) is 8.03. The van der Waals surface area contributed by atoms with Crippen LogP contribution in [0.15, 0.2) is 24.3 Å². The number of aromatic amines is 1. The monoisotopic (exact) mass is 348 g/mol. The number of ether oxygens (including phenoxy) is 1. The van der Waals surface area contributed by atoms with E-state index in [2.05, 4.69) is 29.4 Å². The zero-order chi connectivity index (χ0) is 17.7. The van der Waals surface area contributed by atoms with Crippen molar-refractivity contribution in [1.29, 1.82) is 0 Å². The summed E-state index contributed by atoms with van der Waals surface area (Å²) in [5.74, 6) is 1.69. The second kappa shape index (κ2) is 8.10. The van der Waals surface area contributed by atoms with Gasteiger partial charge in [0.05, 0.1) is 19.6 Å². The molecule has 7 heteroatoms. The van der Waals surface area contributed by atoms with Crippen molar-refractivity contribution in [3.05, 3.63) is 40.4 Å². The summed E-state index contributed by atoms with van der Waals surface area (Å²) in [6.07, 6.45) is 0.310. The Morgan fingerprint density at radius 2 is 2.04 bits per heavy atom. The minimum atomic E-state index is -0.191. The maximum Gasteiger partial charge on any atom is 0.225 e. The topological polar surface area (TPSA) is 71.9 Å². The van der Waals surface area contributed by atoms with Crippen molar-refractivity contribution >= 4 is 18.1 Å². The number of carbonyl (C=O) groups is 1. The predicted octanol–water partition coefficient (Wildman–Crippen LogP) is 3.03. The lowest BCUT2D eigenvalue weighted by Crippen LogP contribution is -2.34. The van der Waals surface area contributed by atoms with Crippen LogP contribution in [-0.2, 0) is 17.8 Å². The summed E-state index contributed by atoms with van der Waals surface area (Å²) in [4.78, 5) is 12.4. The Morgan fingerprint density at radius 1 is 1.38 bits per heavy atom. The molecule has 1 aromatic heterocycles. The van der Waals surface area contributed by atoms with Crippen LogP contribution in [0.2, 0.25) is 0 Å². The molecule has 0 fully saturated rings.